The van der Waals surface area contributed by atoms with Crippen molar-refractivity contribution < 1.29 is 19.1 Å². The van der Waals surface area contributed by atoms with Gasteiger partial charge in [-0.3, -0.25) is 9.59 Å². The van der Waals surface area contributed by atoms with E-state index < -0.39 is 6.04 Å². The van der Waals surface area contributed by atoms with E-state index in [2.05, 4.69) is 5.32 Å². The van der Waals surface area contributed by atoms with Crippen molar-refractivity contribution in [1.82, 2.24) is 4.90 Å². The maximum atomic E-state index is 13.1. The molecule has 3 aromatic carbocycles. The van der Waals surface area contributed by atoms with Crippen molar-refractivity contribution in [1.29, 1.82) is 0 Å². The molecule has 6 heteroatoms. The summed E-state index contributed by atoms with van der Waals surface area (Å²) in [6.07, 6.45) is 0.138. The van der Waals surface area contributed by atoms with Crippen LogP contribution in [0.3, 0.4) is 0 Å². The highest BCUT2D eigenvalue weighted by molar-refractivity contribution is 5.99. The average molecular weight is 431 g/mol. The van der Waals surface area contributed by atoms with Crippen molar-refractivity contribution >= 4 is 17.5 Å². The Kier molecular flexibility index (Phi) is 6.40. The van der Waals surface area contributed by atoms with Gasteiger partial charge in [0.2, 0.25) is 5.91 Å². The molecule has 6 nitrogen and oxygen atoms in total. The maximum Gasteiger partial charge on any atom is 0.255 e. The SMILES string of the molecule is CCOc1ccc(NC(=O)C[C@@H](c2ccc(OC)cc2)N2Cc3ccccc3C2=O)cc1. The lowest BCUT2D eigenvalue weighted by molar-refractivity contribution is -0.117. The van der Waals surface area contributed by atoms with Crippen LogP contribution in [-0.4, -0.2) is 30.4 Å². The highest BCUT2D eigenvalue weighted by atomic mass is 16.5. The first-order valence-electron chi connectivity index (χ1n) is 10.6. The summed E-state index contributed by atoms with van der Waals surface area (Å²) >= 11 is 0. The Labute approximate surface area is 187 Å². The number of carbonyl (C=O) groups excluding carboxylic acids is 2. The van der Waals surface area contributed by atoms with Crippen LogP contribution in [0.1, 0.15) is 40.9 Å². The number of carbonyl (C=O) groups is 2. The van der Waals surface area contributed by atoms with E-state index in [1.165, 1.54) is 0 Å². The summed E-state index contributed by atoms with van der Waals surface area (Å²) in [6, 6.07) is 21.9. The number of methoxy groups -OCH3 is 1. The molecule has 164 valence electrons. The van der Waals surface area contributed by atoms with E-state index in [0.717, 1.165) is 22.6 Å². The Morgan fingerprint density at radius 3 is 2.34 bits per heavy atom. The number of fused-ring (bicyclic) bond motifs is 1. The summed E-state index contributed by atoms with van der Waals surface area (Å²) in [5.41, 5.74) is 3.23. The Hall–Kier alpha value is -3.80. The molecule has 1 atom stereocenters. The fourth-order valence-electron chi connectivity index (χ4n) is 3.95. The molecule has 32 heavy (non-hydrogen) atoms. The maximum absolute atomic E-state index is 13.1. The van der Waals surface area contributed by atoms with Crippen LogP contribution in [0.5, 0.6) is 11.5 Å². The topological polar surface area (TPSA) is 67.9 Å². The summed E-state index contributed by atoms with van der Waals surface area (Å²) in [6.45, 7) is 2.98. The van der Waals surface area contributed by atoms with E-state index in [9.17, 15) is 9.59 Å². The van der Waals surface area contributed by atoms with Gasteiger partial charge in [0.15, 0.2) is 0 Å². The molecule has 2 amide bonds. The number of hydrogen-bond donors (Lipinski definition) is 1. The molecule has 4 rings (SSSR count). The molecule has 0 unspecified atom stereocenters. The van der Waals surface area contributed by atoms with E-state index in [-0.39, 0.29) is 18.2 Å². The molecule has 0 aliphatic carbocycles. The van der Waals surface area contributed by atoms with Crippen molar-refractivity contribution in [2.45, 2.75) is 25.9 Å². The summed E-state index contributed by atoms with van der Waals surface area (Å²) in [7, 11) is 1.61. The fourth-order valence-corrected chi connectivity index (χ4v) is 3.95. The third-order valence-corrected chi connectivity index (χ3v) is 5.55. The number of amides is 2. The first-order chi connectivity index (χ1) is 15.6. The zero-order valence-corrected chi connectivity index (χ0v) is 18.2. The molecular weight excluding hydrogens is 404 g/mol. The van der Waals surface area contributed by atoms with Gasteiger partial charge in [-0.05, 0) is 60.5 Å². The van der Waals surface area contributed by atoms with E-state index in [0.29, 0.717) is 24.4 Å². The quantitative estimate of drug-likeness (QED) is 0.556. The second-order valence-electron chi connectivity index (χ2n) is 7.59. The third-order valence-electron chi connectivity index (χ3n) is 5.55. The lowest BCUT2D eigenvalue weighted by Crippen LogP contribution is -2.32. The molecule has 0 bridgehead atoms. The van der Waals surface area contributed by atoms with E-state index in [1.807, 2.05) is 79.7 Å². The molecule has 0 radical (unpaired) electrons. The van der Waals surface area contributed by atoms with Crippen molar-refractivity contribution in [2.24, 2.45) is 0 Å². The van der Waals surface area contributed by atoms with Gasteiger partial charge in [0.25, 0.3) is 5.91 Å². The first-order valence-corrected chi connectivity index (χ1v) is 10.6. The van der Waals surface area contributed by atoms with Crippen LogP contribution in [0.15, 0.2) is 72.8 Å². The highest BCUT2D eigenvalue weighted by Crippen LogP contribution is 2.34. The number of benzene rings is 3. The predicted octanol–water partition coefficient (Wildman–Crippen LogP) is 4.82. The number of nitrogens with one attached hydrogen (secondary N) is 1. The molecule has 1 aliphatic rings. The van der Waals surface area contributed by atoms with Crippen LogP contribution in [-0.2, 0) is 11.3 Å². The monoisotopic (exact) mass is 430 g/mol. The number of anilines is 1. The zero-order valence-electron chi connectivity index (χ0n) is 18.2. The summed E-state index contributed by atoms with van der Waals surface area (Å²) in [5, 5.41) is 2.94. The molecule has 0 fully saturated rings. The van der Waals surface area contributed by atoms with Crippen LogP contribution in [0, 0.1) is 0 Å². The molecule has 1 heterocycles. The van der Waals surface area contributed by atoms with E-state index in [1.54, 1.807) is 12.0 Å². The smallest absolute Gasteiger partial charge is 0.255 e. The van der Waals surface area contributed by atoms with Gasteiger partial charge < -0.3 is 19.7 Å². The third kappa shape index (κ3) is 4.59. The van der Waals surface area contributed by atoms with Crippen molar-refractivity contribution in [3.05, 3.63) is 89.5 Å². The predicted molar refractivity (Wildman–Crippen MR) is 123 cm³/mol. The van der Waals surface area contributed by atoms with Crippen molar-refractivity contribution in [3.63, 3.8) is 0 Å². The Morgan fingerprint density at radius 1 is 1.00 bits per heavy atom. The Morgan fingerprint density at radius 2 is 1.69 bits per heavy atom. The average Bonchev–Trinajstić information content (AvgIpc) is 3.15. The fraction of sp³-hybridized carbons (Fsp3) is 0.231. The van der Waals surface area contributed by atoms with Crippen LogP contribution in [0.2, 0.25) is 0 Å². The largest absolute Gasteiger partial charge is 0.497 e. The lowest BCUT2D eigenvalue weighted by atomic mass is 10.0. The van der Waals surface area contributed by atoms with Crippen LogP contribution >= 0.6 is 0 Å². The van der Waals surface area contributed by atoms with Crippen molar-refractivity contribution in [2.75, 3.05) is 19.0 Å². The summed E-state index contributed by atoms with van der Waals surface area (Å²) in [5.74, 6) is 1.25. The minimum Gasteiger partial charge on any atom is -0.497 e. The molecule has 1 aliphatic heterocycles. The number of nitrogens with zero attached hydrogens (tertiary/aromatic N) is 1. The number of hydrogen-bond acceptors (Lipinski definition) is 4. The zero-order chi connectivity index (χ0) is 22.5. The van der Waals surface area contributed by atoms with Crippen molar-refractivity contribution in [3.8, 4) is 11.5 Å². The van der Waals surface area contributed by atoms with Gasteiger partial charge in [-0.25, -0.2) is 0 Å². The van der Waals surface area contributed by atoms with Crippen LogP contribution < -0.4 is 14.8 Å². The Bertz CT molecular complexity index is 1090. The highest BCUT2D eigenvalue weighted by Gasteiger charge is 2.34. The van der Waals surface area contributed by atoms with Gasteiger partial charge in [-0.15, -0.1) is 0 Å². The molecule has 3 aromatic rings. The summed E-state index contributed by atoms with van der Waals surface area (Å²) < 4.78 is 10.7. The van der Waals surface area contributed by atoms with E-state index >= 15 is 0 Å². The van der Waals surface area contributed by atoms with Crippen LogP contribution in [0.25, 0.3) is 0 Å². The number of ether oxygens (including phenoxy) is 2. The van der Waals surface area contributed by atoms with Gasteiger partial charge in [-0.2, -0.15) is 0 Å². The second-order valence-corrected chi connectivity index (χ2v) is 7.59. The van der Waals surface area contributed by atoms with E-state index in [4.69, 9.17) is 9.47 Å². The van der Waals surface area contributed by atoms with Crippen LogP contribution in [0.4, 0.5) is 5.69 Å². The second kappa shape index (κ2) is 9.56. The van der Waals surface area contributed by atoms with Gasteiger partial charge in [-0.1, -0.05) is 30.3 Å². The molecule has 0 saturated heterocycles. The molecule has 0 saturated carbocycles. The molecule has 0 spiro atoms. The minimum atomic E-state index is -0.400. The summed E-state index contributed by atoms with van der Waals surface area (Å²) in [4.78, 5) is 27.9. The van der Waals surface area contributed by atoms with Gasteiger partial charge in [0, 0.05) is 17.8 Å². The normalized spacial score (nSPS) is 13.4. The van der Waals surface area contributed by atoms with Gasteiger partial charge in [0.05, 0.1) is 26.2 Å². The van der Waals surface area contributed by atoms with Gasteiger partial charge >= 0.3 is 0 Å². The van der Waals surface area contributed by atoms with Gasteiger partial charge in [0.1, 0.15) is 11.5 Å². The lowest BCUT2D eigenvalue weighted by Gasteiger charge is -2.28. The Balaban J connectivity index is 1.55. The standard InChI is InChI=1S/C26H26N2O4/c1-3-32-22-14-10-20(11-15-22)27-25(29)16-24(18-8-12-21(31-2)13-9-18)28-17-19-6-4-5-7-23(19)26(28)30/h4-15,24H,3,16-17H2,1-2H3,(H,27,29)/t24-/m0/s1. The number of rotatable bonds is 8. The molecular formula is C26H26N2O4. The molecule has 0 aromatic heterocycles. The minimum absolute atomic E-state index is 0.0599. The molecule has 1 N–H and O–H groups in total. The first kappa shape index (κ1) is 21.4.